The number of thiophene rings is 1. The number of amides is 1. The molecule has 2 aromatic heterocycles. The summed E-state index contributed by atoms with van der Waals surface area (Å²) in [5, 5.41) is 9.17. The Kier molecular flexibility index (Phi) is 4.50. The van der Waals surface area contributed by atoms with E-state index < -0.39 is 0 Å². The van der Waals surface area contributed by atoms with E-state index >= 15 is 0 Å². The van der Waals surface area contributed by atoms with Gasteiger partial charge in [-0.05, 0) is 37.0 Å². The molecule has 3 aromatic rings. The molecule has 0 radical (unpaired) electrons. The van der Waals surface area contributed by atoms with Crippen molar-refractivity contribution in [1.82, 2.24) is 20.0 Å². The molecule has 0 bridgehead atoms. The molecule has 2 atom stereocenters. The summed E-state index contributed by atoms with van der Waals surface area (Å²) in [6, 6.07) is 12.1. The standard InChI is InChI=1S/C19H20N4OS.ClH/c1-12-16-7-17(18(24)22-10-13-8-20-9-14(13)11-22)25-19(16)23(21-12)15-5-3-2-4-6-15;/h2-7,13-14,20H,8-11H2,1H3;1H/t13-,14+;. The van der Waals surface area contributed by atoms with E-state index in [-0.39, 0.29) is 18.3 Å². The highest BCUT2D eigenvalue weighted by molar-refractivity contribution is 7.20. The molecule has 5 rings (SSSR count). The van der Waals surface area contributed by atoms with Gasteiger partial charge in [-0.15, -0.1) is 23.7 Å². The van der Waals surface area contributed by atoms with E-state index in [1.807, 2.05) is 52.9 Å². The Morgan fingerprint density at radius 1 is 1.19 bits per heavy atom. The summed E-state index contributed by atoms with van der Waals surface area (Å²) in [4.78, 5) is 16.9. The number of rotatable bonds is 2. The van der Waals surface area contributed by atoms with Gasteiger partial charge in [0.05, 0.1) is 16.3 Å². The van der Waals surface area contributed by atoms with Crippen molar-refractivity contribution in [2.75, 3.05) is 26.2 Å². The average molecular weight is 389 g/mol. The molecule has 2 aliphatic rings. The van der Waals surface area contributed by atoms with Crippen molar-refractivity contribution < 1.29 is 4.79 Å². The van der Waals surface area contributed by atoms with Gasteiger partial charge >= 0.3 is 0 Å². The third-order valence-corrected chi connectivity index (χ3v) is 6.53. The summed E-state index contributed by atoms with van der Waals surface area (Å²) in [6.45, 7) is 5.86. The van der Waals surface area contributed by atoms with E-state index in [0.717, 1.165) is 52.7 Å². The minimum Gasteiger partial charge on any atom is -0.337 e. The highest BCUT2D eigenvalue weighted by Gasteiger charge is 2.38. The lowest BCUT2D eigenvalue weighted by molar-refractivity contribution is 0.0786. The maximum atomic E-state index is 13.0. The van der Waals surface area contributed by atoms with Crippen molar-refractivity contribution in [2.45, 2.75) is 6.92 Å². The highest BCUT2D eigenvalue weighted by Crippen LogP contribution is 2.33. The first-order valence-corrected chi connectivity index (χ1v) is 9.57. The summed E-state index contributed by atoms with van der Waals surface area (Å²) < 4.78 is 1.95. The second kappa shape index (κ2) is 6.68. The molecular formula is C19H21ClN4OS. The molecule has 7 heteroatoms. The molecule has 0 spiro atoms. The topological polar surface area (TPSA) is 50.2 Å². The number of para-hydroxylation sites is 1. The van der Waals surface area contributed by atoms with Gasteiger partial charge in [-0.25, -0.2) is 4.68 Å². The number of fused-ring (bicyclic) bond motifs is 2. The van der Waals surface area contributed by atoms with Crippen LogP contribution in [0.25, 0.3) is 15.9 Å². The number of aromatic nitrogens is 2. The van der Waals surface area contributed by atoms with Crippen molar-refractivity contribution >= 4 is 39.9 Å². The molecule has 1 N–H and O–H groups in total. The Bertz CT molecular complexity index is 939. The van der Waals surface area contributed by atoms with E-state index in [0.29, 0.717) is 11.8 Å². The predicted molar refractivity (Wildman–Crippen MR) is 107 cm³/mol. The van der Waals surface area contributed by atoms with Gasteiger partial charge in [-0.3, -0.25) is 4.79 Å². The Balaban J connectivity index is 0.00000168. The number of aryl methyl sites for hydroxylation is 1. The van der Waals surface area contributed by atoms with E-state index in [1.54, 1.807) is 11.3 Å². The minimum atomic E-state index is 0. The summed E-state index contributed by atoms with van der Waals surface area (Å²) in [7, 11) is 0. The van der Waals surface area contributed by atoms with Crippen molar-refractivity contribution in [3.8, 4) is 5.69 Å². The maximum Gasteiger partial charge on any atom is 0.264 e. The fourth-order valence-corrected chi connectivity index (χ4v) is 5.22. The van der Waals surface area contributed by atoms with Crippen LogP contribution in [-0.2, 0) is 0 Å². The zero-order valence-electron chi connectivity index (χ0n) is 14.5. The van der Waals surface area contributed by atoms with E-state index in [2.05, 4.69) is 10.4 Å². The van der Waals surface area contributed by atoms with Crippen molar-refractivity contribution in [2.24, 2.45) is 11.8 Å². The van der Waals surface area contributed by atoms with Crippen LogP contribution < -0.4 is 5.32 Å². The second-order valence-corrected chi connectivity index (χ2v) is 8.08. The molecule has 5 nitrogen and oxygen atoms in total. The average Bonchev–Trinajstić information content (AvgIpc) is 3.36. The molecule has 136 valence electrons. The smallest absolute Gasteiger partial charge is 0.264 e. The van der Waals surface area contributed by atoms with Crippen LogP contribution in [0, 0.1) is 18.8 Å². The van der Waals surface area contributed by atoms with Crippen molar-refractivity contribution in [3.05, 3.63) is 47.0 Å². The number of halogens is 1. The molecule has 26 heavy (non-hydrogen) atoms. The van der Waals surface area contributed by atoms with Crippen LogP contribution in [0.4, 0.5) is 0 Å². The van der Waals surface area contributed by atoms with Crippen LogP contribution in [0.5, 0.6) is 0 Å². The minimum absolute atomic E-state index is 0. The lowest BCUT2D eigenvalue weighted by atomic mass is 10.0. The summed E-state index contributed by atoms with van der Waals surface area (Å²) in [5.41, 5.74) is 2.00. The van der Waals surface area contributed by atoms with E-state index in [1.165, 1.54) is 0 Å². The molecule has 2 saturated heterocycles. The van der Waals surface area contributed by atoms with Crippen LogP contribution in [0.15, 0.2) is 36.4 Å². The van der Waals surface area contributed by atoms with Crippen LogP contribution in [0.3, 0.4) is 0 Å². The van der Waals surface area contributed by atoms with Gasteiger partial charge in [0, 0.05) is 31.6 Å². The van der Waals surface area contributed by atoms with Crippen LogP contribution in [0.1, 0.15) is 15.4 Å². The molecule has 1 amide bonds. The second-order valence-electron chi connectivity index (χ2n) is 7.05. The Morgan fingerprint density at radius 2 is 1.88 bits per heavy atom. The largest absolute Gasteiger partial charge is 0.337 e. The number of carbonyl (C=O) groups is 1. The quantitative estimate of drug-likeness (QED) is 0.733. The number of carbonyl (C=O) groups excluding carboxylic acids is 1. The monoisotopic (exact) mass is 388 g/mol. The highest BCUT2D eigenvalue weighted by atomic mass is 35.5. The number of hydrogen-bond acceptors (Lipinski definition) is 4. The molecule has 2 fully saturated rings. The number of likely N-dealkylation sites (tertiary alicyclic amines) is 1. The van der Waals surface area contributed by atoms with Crippen LogP contribution in [0.2, 0.25) is 0 Å². The zero-order chi connectivity index (χ0) is 17.0. The van der Waals surface area contributed by atoms with Crippen molar-refractivity contribution in [3.63, 3.8) is 0 Å². The third-order valence-electron chi connectivity index (χ3n) is 5.43. The number of benzene rings is 1. The van der Waals surface area contributed by atoms with Gasteiger partial charge in [-0.1, -0.05) is 18.2 Å². The first-order chi connectivity index (χ1) is 12.2. The van der Waals surface area contributed by atoms with E-state index in [9.17, 15) is 4.79 Å². The normalized spacial score (nSPS) is 21.8. The third kappa shape index (κ3) is 2.73. The van der Waals surface area contributed by atoms with Gasteiger partial charge < -0.3 is 10.2 Å². The Morgan fingerprint density at radius 3 is 2.58 bits per heavy atom. The van der Waals surface area contributed by atoms with Crippen LogP contribution in [-0.4, -0.2) is 46.8 Å². The molecular weight excluding hydrogens is 368 g/mol. The van der Waals surface area contributed by atoms with Gasteiger partial charge in [0.1, 0.15) is 4.83 Å². The number of nitrogens with zero attached hydrogens (tertiary/aromatic N) is 3. The number of nitrogens with one attached hydrogen (secondary N) is 1. The summed E-state index contributed by atoms with van der Waals surface area (Å²) in [5.74, 6) is 1.43. The van der Waals surface area contributed by atoms with E-state index in [4.69, 9.17) is 0 Å². The lowest BCUT2D eigenvalue weighted by Crippen LogP contribution is -2.31. The van der Waals surface area contributed by atoms with Gasteiger partial charge in [0.25, 0.3) is 5.91 Å². The zero-order valence-corrected chi connectivity index (χ0v) is 16.1. The fraction of sp³-hybridized carbons (Fsp3) is 0.368. The molecule has 0 unspecified atom stereocenters. The van der Waals surface area contributed by atoms with Crippen LogP contribution >= 0.6 is 23.7 Å². The Hall–Kier alpha value is -1.89. The SMILES string of the molecule is Cc1nn(-c2ccccc2)c2sc(C(=O)N3C[C@H]4CNC[C@H]4C3)cc12.Cl. The fourth-order valence-electron chi connectivity index (χ4n) is 4.07. The Labute approximate surface area is 162 Å². The van der Waals surface area contributed by atoms with Gasteiger partial charge in [-0.2, -0.15) is 5.10 Å². The van der Waals surface area contributed by atoms with Gasteiger partial charge in [0.2, 0.25) is 0 Å². The summed E-state index contributed by atoms with van der Waals surface area (Å²) >= 11 is 1.56. The maximum absolute atomic E-state index is 13.0. The molecule has 4 heterocycles. The predicted octanol–water partition coefficient (Wildman–Crippen LogP) is 3.11. The first kappa shape index (κ1) is 17.5. The lowest BCUT2D eigenvalue weighted by Gasteiger charge is -2.16. The number of hydrogen-bond donors (Lipinski definition) is 1. The van der Waals surface area contributed by atoms with Crippen molar-refractivity contribution in [1.29, 1.82) is 0 Å². The summed E-state index contributed by atoms with van der Waals surface area (Å²) in [6.07, 6.45) is 0. The first-order valence-electron chi connectivity index (χ1n) is 8.75. The molecule has 1 aromatic carbocycles. The molecule has 2 aliphatic heterocycles. The molecule has 0 saturated carbocycles. The molecule has 0 aliphatic carbocycles. The van der Waals surface area contributed by atoms with Gasteiger partial charge in [0.15, 0.2) is 0 Å².